The predicted molar refractivity (Wildman–Crippen MR) is 104 cm³/mol. The maximum atomic E-state index is 12.4. The lowest BCUT2D eigenvalue weighted by Crippen LogP contribution is -2.35. The van der Waals surface area contributed by atoms with Crippen molar-refractivity contribution in [2.75, 3.05) is 5.32 Å². The van der Waals surface area contributed by atoms with Gasteiger partial charge in [0.05, 0.1) is 35.7 Å². The van der Waals surface area contributed by atoms with E-state index >= 15 is 0 Å². The molecule has 0 saturated heterocycles. The third kappa shape index (κ3) is 3.92. The molecule has 4 rings (SSSR count). The van der Waals surface area contributed by atoms with Gasteiger partial charge in [-0.15, -0.1) is 0 Å². The van der Waals surface area contributed by atoms with Gasteiger partial charge in [0.2, 0.25) is 0 Å². The number of benzene rings is 1. The minimum Gasteiger partial charge on any atom is -0.467 e. The Kier molecular flexibility index (Phi) is 4.71. The number of furan rings is 1. The maximum absolute atomic E-state index is 12.4. The van der Waals surface area contributed by atoms with Crippen LogP contribution in [0.2, 0.25) is 0 Å². The van der Waals surface area contributed by atoms with Crippen molar-refractivity contribution < 1.29 is 22.4 Å². The number of nitrogens with zero attached hydrogens (tertiary/aromatic N) is 2. The third-order valence-electron chi connectivity index (χ3n) is 4.48. The topological polar surface area (TPSA) is 123 Å². The molecule has 2 amide bonds. The van der Waals surface area contributed by atoms with Crippen LogP contribution in [0.25, 0.3) is 5.69 Å². The highest BCUT2D eigenvalue weighted by molar-refractivity contribution is 7.90. The monoisotopic (exact) mass is 414 g/mol. The number of aryl methyl sites for hydroxylation is 1. The molecule has 2 aromatic heterocycles. The number of sulfone groups is 1. The molecule has 1 aromatic carbocycles. The average molecular weight is 414 g/mol. The maximum Gasteiger partial charge on any atom is 0.314 e. The van der Waals surface area contributed by atoms with E-state index in [4.69, 9.17) is 4.42 Å². The van der Waals surface area contributed by atoms with Crippen LogP contribution in [0.1, 0.15) is 22.6 Å². The van der Waals surface area contributed by atoms with Gasteiger partial charge in [-0.25, -0.2) is 13.1 Å². The van der Waals surface area contributed by atoms with E-state index in [1.807, 2.05) is 25.1 Å². The van der Waals surface area contributed by atoms with E-state index in [9.17, 15) is 18.0 Å². The van der Waals surface area contributed by atoms with Crippen LogP contribution in [0.15, 0.2) is 47.1 Å². The van der Waals surface area contributed by atoms with Gasteiger partial charge in [0.25, 0.3) is 0 Å². The lowest BCUT2D eigenvalue weighted by atomic mass is 10.2. The lowest BCUT2D eigenvalue weighted by molar-refractivity contribution is -0.136. The highest BCUT2D eigenvalue weighted by atomic mass is 32.2. The Morgan fingerprint density at radius 2 is 2.00 bits per heavy atom. The third-order valence-corrected chi connectivity index (χ3v) is 5.92. The molecule has 3 aromatic rings. The van der Waals surface area contributed by atoms with Crippen LogP contribution in [0.4, 0.5) is 5.82 Å². The van der Waals surface area contributed by atoms with E-state index in [1.54, 1.807) is 18.2 Å². The summed E-state index contributed by atoms with van der Waals surface area (Å²) >= 11 is 0. The molecule has 10 heteroatoms. The molecule has 1 aliphatic rings. The number of carbonyl (C=O) groups is 2. The number of fused-ring (bicyclic) bond motifs is 1. The zero-order valence-electron chi connectivity index (χ0n) is 15.5. The summed E-state index contributed by atoms with van der Waals surface area (Å²) in [5.74, 6) is -1.54. The normalized spacial score (nSPS) is 14.4. The fourth-order valence-electron chi connectivity index (χ4n) is 3.14. The molecule has 3 heterocycles. The quantitative estimate of drug-likeness (QED) is 0.623. The summed E-state index contributed by atoms with van der Waals surface area (Å²) in [4.78, 5) is 24.6. The van der Waals surface area contributed by atoms with E-state index in [0.717, 1.165) is 5.56 Å². The Morgan fingerprint density at radius 3 is 2.72 bits per heavy atom. The van der Waals surface area contributed by atoms with Gasteiger partial charge in [-0.05, 0) is 36.8 Å². The van der Waals surface area contributed by atoms with Gasteiger partial charge in [0.1, 0.15) is 11.6 Å². The van der Waals surface area contributed by atoms with Crippen LogP contribution < -0.4 is 10.6 Å². The van der Waals surface area contributed by atoms with Crippen molar-refractivity contribution >= 4 is 27.5 Å². The molecule has 0 aliphatic carbocycles. The molecule has 0 radical (unpaired) electrons. The second kappa shape index (κ2) is 7.21. The first-order valence-electron chi connectivity index (χ1n) is 8.82. The number of nitrogens with one attached hydrogen (secondary N) is 2. The molecule has 2 N–H and O–H groups in total. The fourth-order valence-corrected chi connectivity index (χ4v) is 4.64. The van der Waals surface area contributed by atoms with Crippen molar-refractivity contribution in [1.82, 2.24) is 15.1 Å². The van der Waals surface area contributed by atoms with Gasteiger partial charge in [-0.2, -0.15) is 5.10 Å². The smallest absolute Gasteiger partial charge is 0.314 e. The number of anilines is 1. The first-order chi connectivity index (χ1) is 13.8. The van der Waals surface area contributed by atoms with Gasteiger partial charge in [-0.3, -0.25) is 9.59 Å². The molecular weight excluding hydrogens is 396 g/mol. The average Bonchev–Trinajstić information content (AvgIpc) is 3.35. The zero-order chi connectivity index (χ0) is 20.6. The highest BCUT2D eigenvalue weighted by Gasteiger charge is 2.33. The van der Waals surface area contributed by atoms with Gasteiger partial charge < -0.3 is 15.1 Å². The number of aromatic nitrogens is 2. The molecule has 9 nitrogen and oxygen atoms in total. The first-order valence-corrected chi connectivity index (χ1v) is 10.6. The van der Waals surface area contributed by atoms with Crippen molar-refractivity contribution in [3.05, 3.63) is 65.2 Å². The van der Waals surface area contributed by atoms with Crippen LogP contribution in [-0.2, 0) is 37.5 Å². The predicted octanol–water partition coefficient (Wildman–Crippen LogP) is 1.46. The molecule has 0 bridgehead atoms. The Labute approximate surface area is 166 Å². The first kappa shape index (κ1) is 18.9. The molecule has 0 unspecified atom stereocenters. The van der Waals surface area contributed by atoms with Crippen LogP contribution in [0.3, 0.4) is 0 Å². The van der Waals surface area contributed by atoms with Gasteiger partial charge >= 0.3 is 11.8 Å². The van der Waals surface area contributed by atoms with Crippen LogP contribution in [0, 0.1) is 6.92 Å². The lowest BCUT2D eigenvalue weighted by Gasteiger charge is -2.11. The van der Waals surface area contributed by atoms with Crippen LogP contribution >= 0.6 is 0 Å². The Bertz CT molecular complexity index is 1200. The number of amides is 2. The summed E-state index contributed by atoms with van der Waals surface area (Å²) < 4.78 is 30.6. The molecular formula is C19H18N4O5S. The second-order valence-electron chi connectivity index (χ2n) is 6.77. The van der Waals surface area contributed by atoms with Crippen molar-refractivity contribution in [3.63, 3.8) is 0 Å². The minimum absolute atomic E-state index is 0.0584. The van der Waals surface area contributed by atoms with Gasteiger partial charge in [0.15, 0.2) is 9.84 Å². The van der Waals surface area contributed by atoms with Gasteiger partial charge in [0, 0.05) is 5.56 Å². The molecule has 0 fully saturated rings. The SMILES string of the molecule is Cc1cccc(-n2nc3c(c2NC(=O)C(=O)NCc2ccco2)CS(=O)(=O)C3)c1. The summed E-state index contributed by atoms with van der Waals surface area (Å²) in [6.45, 7) is 1.97. The van der Waals surface area contributed by atoms with Gasteiger partial charge in [-0.1, -0.05) is 12.1 Å². The Morgan fingerprint density at radius 1 is 1.17 bits per heavy atom. The van der Waals surface area contributed by atoms with Crippen molar-refractivity contribution in [3.8, 4) is 5.69 Å². The number of hydrogen-bond donors (Lipinski definition) is 2. The summed E-state index contributed by atoms with van der Waals surface area (Å²) in [6, 6.07) is 10.7. The van der Waals surface area contributed by atoms with E-state index in [-0.39, 0.29) is 23.9 Å². The highest BCUT2D eigenvalue weighted by Crippen LogP contribution is 2.33. The van der Waals surface area contributed by atoms with E-state index in [2.05, 4.69) is 15.7 Å². The zero-order valence-corrected chi connectivity index (χ0v) is 16.3. The summed E-state index contributed by atoms with van der Waals surface area (Å²) in [6.07, 6.45) is 1.46. The Balaban J connectivity index is 1.61. The van der Waals surface area contributed by atoms with Crippen molar-refractivity contribution in [1.29, 1.82) is 0 Å². The number of rotatable bonds is 4. The molecule has 1 aliphatic heterocycles. The van der Waals surface area contributed by atoms with E-state index in [0.29, 0.717) is 22.7 Å². The minimum atomic E-state index is -3.33. The standard InChI is InChI=1S/C19H18N4O5S/c1-12-4-2-5-13(8-12)23-17(15-10-29(26,27)11-16(15)22-23)21-19(25)18(24)20-9-14-6-3-7-28-14/h2-8H,9-11H2,1H3,(H,20,24)(H,21,25). The molecule has 29 heavy (non-hydrogen) atoms. The summed E-state index contributed by atoms with van der Waals surface area (Å²) in [5, 5.41) is 9.36. The number of carbonyl (C=O) groups excluding carboxylic acids is 2. The van der Waals surface area contributed by atoms with Crippen molar-refractivity contribution in [2.24, 2.45) is 0 Å². The van der Waals surface area contributed by atoms with Crippen LogP contribution in [0.5, 0.6) is 0 Å². The number of hydrogen-bond acceptors (Lipinski definition) is 6. The van der Waals surface area contributed by atoms with Crippen LogP contribution in [-0.4, -0.2) is 30.0 Å². The Hall–Kier alpha value is -3.40. The largest absolute Gasteiger partial charge is 0.467 e. The second-order valence-corrected chi connectivity index (χ2v) is 8.84. The molecule has 0 saturated carbocycles. The summed E-state index contributed by atoms with van der Waals surface area (Å²) in [5.41, 5.74) is 2.40. The molecule has 0 atom stereocenters. The summed E-state index contributed by atoms with van der Waals surface area (Å²) in [7, 11) is -3.33. The van der Waals surface area contributed by atoms with E-state index in [1.165, 1.54) is 10.9 Å². The molecule has 0 spiro atoms. The van der Waals surface area contributed by atoms with E-state index < -0.39 is 21.7 Å². The fraction of sp³-hybridized carbons (Fsp3) is 0.211. The van der Waals surface area contributed by atoms with Crippen molar-refractivity contribution in [2.45, 2.75) is 25.0 Å². The molecule has 150 valence electrons.